The fourth-order valence-electron chi connectivity index (χ4n) is 1.97. The summed E-state index contributed by atoms with van der Waals surface area (Å²) in [5.74, 6) is -0.709. The summed E-state index contributed by atoms with van der Waals surface area (Å²) in [5, 5.41) is 5.02. The van der Waals surface area contributed by atoms with Crippen LogP contribution in [0.3, 0.4) is 0 Å². The summed E-state index contributed by atoms with van der Waals surface area (Å²) in [4.78, 5) is 35.2. The lowest BCUT2D eigenvalue weighted by molar-refractivity contribution is -0.126. The van der Waals surface area contributed by atoms with E-state index >= 15 is 0 Å². The van der Waals surface area contributed by atoms with E-state index in [9.17, 15) is 14.4 Å². The number of carbonyl (C=O) groups is 3. The Morgan fingerprint density at radius 1 is 1.17 bits per heavy atom. The monoisotopic (exact) mass is 354 g/mol. The zero-order valence-electron chi connectivity index (χ0n) is 13.9. The van der Waals surface area contributed by atoms with Crippen molar-refractivity contribution in [3.05, 3.63) is 35.9 Å². The molecule has 0 fully saturated rings. The Bertz CT molecular complexity index is 549. The SMILES string of the molecule is CC(C)CC(NC(=O)OCc1ccccc1)C(=O)NCC(=O)CCl. The third kappa shape index (κ3) is 7.97. The van der Waals surface area contributed by atoms with Gasteiger partial charge in [-0.15, -0.1) is 11.6 Å². The number of Topliss-reactive ketones (excluding diaryl/α,β-unsaturated/α-hetero) is 1. The van der Waals surface area contributed by atoms with Crippen molar-refractivity contribution in [2.75, 3.05) is 12.4 Å². The molecule has 0 aliphatic carbocycles. The van der Waals surface area contributed by atoms with Crippen LogP contribution in [0, 0.1) is 5.92 Å². The van der Waals surface area contributed by atoms with E-state index in [2.05, 4.69) is 10.6 Å². The molecule has 1 atom stereocenters. The fourth-order valence-corrected chi connectivity index (χ4v) is 2.06. The largest absolute Gasteiger partial charge is 0.445 e. The smallest absolute Gasteiger partial charge is 0.408 e. The quantitative estimate of drug-likeness (QED) is 0.666. The predicted molar refractivity (Wildman–Crippen MR) is 91.7 cm³/mol. The van der Waals surface area contributed by atoms with Crippen LogP contribution in [0.25, 0.3) is 0 Å². The van der Waals surface area contributed by atoms with Gasteiger partial charge >= 0.3 is 6.09 Å². The first-order valence-corrected chi connectivity index (χ1v) is 8.28. The highest BCUT2D eigenvalue weighted by atomic mass is 35.5. The van der Waals surface area contributed by atoms with Crippen molar-refractivity contribution in [2.45, 2.75) is 32.9 Å². The zero-order valence-corrected chi connectivity index (χ0v) is 14.6. The molecule has 7 heteroatoms. The number of carbonyl (C=O) groups excluding carboxylic acids is 3. The molecule has 1 unspecified atom stereocenters. The van der Waals surface area contributed by atoms with Crippen LogP contribution in [0.1, 0.15) is 25.8 Å². The third-order valence-electron chi connectivity index (χ3n) is 3.14. The molecule has 0 aliphatic heterocycles. The molecule has 0 aromatic heterocycles. The van der Waals surface area contributed by atoms with E-state index in [1.165, 1.54) is 0 Å². The highest BCUT2D eigenvalue weighted by Crippen LogP contribution is 2.06. The maximum absolute atomic E-state index is 12.1. The van der Waals surface area contributed by atoms with Crippen LogP contribution in [0.2, 0.25) is 0 Å². The number of ether oxygens (including phenoxy) is 1. The topological polar surface area (TPSA) is 84.5 Å². The molecule has 1 aromatic rings. The number of rotatable bonds is 9. The summed E-state index contributed by atoms with van der Waals surface area (Å²) in [5.41, 5.74) is 0.852. The average molecular weight is 355 g/mol. The number of halogens is 1. The molecule has 6 nitrogen and oxygen atoms in total. The summed E-state index contributed by atoms with van der Waals surface area (Å²) in [6, 6.07) is 8.47. The van der Waals surface area contributed by atoms with Gasteiger partial charge in [0.1, 0.15) is 12.6 Å². The number of benzene rings is 1. The number of alkyl carbamates (subject to hydrolysis) is 1. The van der Waals surface area contributed by atoms with Crippen molar-refractivity contribution >= 4 is 29.4 Å². The Balaban J connectivity index is 2.52. The van der Waals surface area contributed by atoms with E-state index in [-0.39, 0.29) is 30.7 Å². The van der Waals surface area contributed by atoms with Crippen molar-refractivity contribution in [1.82, 2.24) is 10.6 Å². The van der Waals surface area contributed by atoms with Gasteiger partial charge in [0, 0.05) is 0 Å². The van der Waals surface area contributed by atoms with Gasteiger partial charge in [-0.2, -0.15) is 0 Å². The molecule has 1 rings (SSSR count). The Morgan fingerprint density at radius 3 is 2.42 bits per heavy atom. The lowest BCUT2D eigenvalue weighted by atomic mass is 10.0. The number of ketones is 1. The molecule has 0 saturated carbocycles. The summed E-state index contributed by atoms with van der Waals surface area (Å²) in [6.07, 6.45) is -0.246. The minimum atomic E-state index is -0.767. The molecule has 0 heterocycles. The summed E-state index contributed by atoms with van der Waals surface area (Å²) in [6.45, 7) is 3.83. The van der Waals surface area contributed by atoms with E-state index < -0.39 is 18.0 Å². The summed E-state index contributed by atoms with van der Waals surface area (Å²) >= 11 is 5.39. The first-order chi connectivity index (χ1) is 11.4. The van der Waals surface area contributed by atoms with Crippen LogP contribution in [-0.4, -0.2) is 36.3 Å². The van der Waals surface area contributed by atoms with Gasteiger partial charge in [0.25, 0.3) is 0 Å². The molecule has 0 bridgehead atoms. The third-order valence-corrected chi connectivity index (χ3v) is 3.44. The van der Waals surface area contributed by atoms with Crippen LogP contribution in [-0.2, 0) is 20.9 Å². The fraction of sp³-hybridized carbons (Fsp3) is 0.471. The molecule has 0 saturated heterocycles. The van der Waals surface area contributed by atoms with Gasteiger partial charge in [0.2, 0.25) is 5.91 Å². The lowest BCUT2D eigenvalue weighted by Crippen LogP contribution is -2.48. The second kappa shape index (κ2) is 10.6. The second-order valence-electron chi connectivity index (χ2n) is 5.78. The highest BCUT2D eigenvalue weighted by Gasteiger charge is 2.22. The van der Waals surface area contributed by atoms with Crippen molar-refractivity contribution in [1.29, 1.82) is 0 Å². The molecule has 2 N–H and O–H groups in total. The van der Waals surface area contributed by atoms with Crippen LogP contribution in [0.5, 0.6) is 0 Å². The molecule has 2 amide bonds. The summed E-state index contributed by atoms with van der Waals surface area (Å²) in [7, 11) is 0. The number of nitrogens with one attached hydrogen (secondary N) is 2. The standard InChI is InChI=1S/C17H23ClN2O4/c1-12(2)8-15(16(22)19-10-14(21)9-18)20-17(23)24-11-13-6-4-3-5-7-13/h3-7,12,15H,8-11H2,1-2H3,(H,19,22)(H,20,23). The second-order valence-corrected chi connectivity index (χ2v) is 6.05. The van der Waals surface area contributed by atoms with Crippen LogP contribution in [0.4, 0.5) is 4.79 Å². The Hall–Kier alpha value is -2.08. The first kappa shape index (κ1) is 20.0. The Morgan fingerprint density at radius 2 is 1.83 bits per heavy atom. The van der Waals surface area contributed by atoms with Crippen molar-refractivity contribution in [2.24, 2.45) is 5.92 Å². The van der Waals surface area contributed by atoms with Crippen LogP contribution < -0.4 is 10.6 Å². The van der Waals surface area contributed by atoms with Gasteiger partial charge < -0.3 is 15.4 Å². The van der Waals surface area contributed by atoms with Gasteiger partial charge in [-0.1, -0.05) is 44.2 Å². The molecule has 0 aliphatic rings. The summed E-state index contributed by atoms with van der Waals surface area (Å²) < 4.78 is 5.12. The van der Waals surface area contributed by atoms with Crippen LogP contribution >= 0.6 is 11.6 Å². The number of amides is 2. The maximum Gasteiger partial charge on any atom is 0.408 e. The molecular formula is C17H23ClN2O4. The molecule has 1 aromatic carbocycles. The Labute approximate surface area is 146 Å². The average Bonchev–Trinajstić information content (AvgIpc) is 2.57. The molecule has 24 heavy (non-hydrogen) atoms. The van der Waals surface area contributed by atoms with Gasteiger partial charge in [0.05, 0.1) is 12.4 Å². The molecule has 0 spiro atoms. The zero-order chi connectivity index (χ0) is 17.9. The number of hydrogen-bond donors (Lipinski definition) is 2. The van der Waals surface area contributed by atoms with Crippen molar-refractivity contribution < 1.29 is 19.1 Å². The molecule has 0 radical (unpaired) electrons. The van der Waals surface area contributed by atoms with Gasteiger partial charge in [-0.25, -0.2) is 4.79 Å². The lowest BCUT2D eigenvalue weighted by Gasteiger charge is -2.19. The van der Waals surface area contributed by atoms with Crippen LogP contribution in [0.15, 0.2) is 30.3 Å². The Kier molecular flexibility index (Phi) is 8.86. The minimum Gasteiger partial charge on any atom is -0.445 e. The first-order valence-electron chi connectivity index (χ1n) is 7.75. The minimum absolute atomic E-state index is 0.118. The number of hydrogen-bond acceptors (Lipinski definition) is 4. The predicted octanol–water partition coefficient (Wildman–Crippen LogP) is 2.25. The molecular weight excluding hydrogens is 332 g/mol. The maximum atomic E-state index is 12.1. The molecule has 132 valence electrons. The van der Waals surface area contributed by atoms with E-state index in [0.717, 1.165) is 5.56 Å². The van der Waals surface area contributed by atoms with Crippen molar-refractivity contribution in [3.63, 3.8) is 0 Å². The van der Waals surface area contributed by atoms with E-state index in [4.69, 9.17) is 16.3 Å². The highest BCUT2D eigenvalue weighted by molar-refractivity contribution is 6.28. The van der Waals surface area contributed by atoms with Gasteiger partial charge in [-0.3, -0.25) is 9.59 Å². The van der Waals surface area contributed by atoms with E-state index in [0.29, 0.717) is 6.42 Å². The van der Waals surface area contributed by atoms with E-state index in [1.807, 2.05) is 44.2 Å². The van der Waals surface area contributed by atoms with Crippen molar-refractivity contribution in [3.8, 4) is 0 Å². The van der Waals surface area contributed by atoms with Gasteiger partial charge in [0.15, 0.2) is 5.78 Å². The van der Waals surface area contributed by atoms with Gasteiger partial charge in [-0.05, 0) is 17.9 Å². The normalized spacial score (nSPS) is 11.7. The number of alkyl halides is 1. The van der Waals surface area contributed by atoms with E-state index in [1.54, 1.807) is 0 Å².